The molecule has 4 heteroatoms. The standard InChI is InChI=1S/C15H22FNS2/c1-3-6-17-15(14-10-18-7-8-19-14)12-9-11(2)4-5-13(12)16/h4-5,9,14-15,17H,3,6-8,10H2,1-2H3. The largest absolute Gasteiger partial charge is 0.309 e. The van der Waals surface area contributed by atoms with Crippen LogP contribution in [0.5, 0.6) is 0 Å². The van der Waals surface area contributed by atoms with E-state index in [1.54, 1.807) is 6.07 Å². The van der Waals surface area contributed by atoms with E-state index < -0.39 is 0 Å². The molecule has 2 atom stereocenters. The highest BCUT2D eigenvalue weighted by Gasteiger charge is 2.27. The van der Waals surface area contributed by atoms with E-state index in [1.807, 2.05) is 42.6 Å². The average molecular weight is 299 g/mol. The summed E-state index contributed by atoms with van der Waals surface area (Å²) in [6.45, 7) is 5.13. The summed E-state index contributed by atoms with van der Waals surface area (Å²) in [5.41, 5.74) is 1.97. The zero-order chi connectivity index (χ0) is 13.7. The Balaban J connectivity index is 2.22. The van der Waals surface area contributed by atoms with Crippen molar-refractivity contribution in [3.05, 3.63) is 35.1 Å². The molecule has 1 heterocycles. The van der Waals surface area contributed by atoms with Gasteiger partial charge in [0.05, 0.1) is 0 Å². The van der Waals surface area contributed by atoms with Crippen molar-refractivity contribution in [1.29, 1.82) is 0 Å². The highest BCUT2D eigenvalue weighted by atomic mass is 32.2. The van der Waals surface area contributed by atoms with E-state index >= 15 is 0 Å². The van der Waals surface area contributed by atoms with Crippen molar-refractivity contribution in [1.82, 2.24) is 5.32 Å². The monoisotopic (exact) mass is 299 g/mol. The van der Waals surface area contributed by atoms with Crippen LogP contribution in [0.3, 0.4) is 0 Å². The molecule has 0 saturated carbocycles. The van der Waals surface area contributed by atoms with E-state index in [-0.39, 0.29) is 11.9 Å². The van der Waals surface area contributed by atoms with Crippen molar-refractivity contribution < 1.29 is 4.39 Å². The summed E-state index contributed by atoms with van der Waals surface area (Å²) < 4.78 is 14.1. The fraction of sp³-hybridized carbons (Fsp3) is 0.600. The molecule has 0 aliphatic carbocycles. The molecule has 1 fully saturated rings. The number of nitrogens with one attached hydrogen (secondary N) is 1. The Morgan fingerprint density at radius 3 is 2.95 bits per heavy atom. The second-order valence-electron chi connectivity index (χ2n) is 4.94. The Morgan fingerprint density at radius 2 is 2.26 bits per heavy atom. The smallest absolute Gasteiger partial charge is 0.128 e. The molecular weight excluding hydrogens is 277 g/mol. The number of hydrogen-bond acceptors (Lipinski definition) is 3. The minimum Gasteiger partial charge on any atom is -0.309 e. The molecule has 1 aliphatic rings. The first-order valence-corrected chi connectivity index (χ1v) is 9.11. The number of halogens is 1. The normalized spacial score (nSPS) is 21.3. The van der Waals surface area contributed by atoms with Gasteiger partial charge in [-0.2, -0.15) is 23.5 Å². The lowest BCUT2D eigenvalue weighted by molar-refractivity contribution is 0.497. The van der Waals surface area contributed by atoms with Gasteiger partial charge in [-0.3, -0.25) is 0 Å². The van der Waals surface area contributed by atoms with Gasteiger partial charge in [0.15, 0.2) is 0 Å². The third-order valence-electron chi connectivity index (χ3n) is 3.31. The predicted octanol–water partition coefficient (Wildman–Crippen LogP) is 4.02. The fourth-order valence-corrected chi connectivity index (χ4v) is 5.20. The van der Waals surface area contributed by atoms with E-state index in [1.165, 1.54) is 11.5 Å². The molecular formula is C15H22FNS2. The predicted molar refractivity (Wildman–Crippen MR) is 85.7 cm³/mol. The number of thioether (sulfide) groups is 2. The molecule has 1 aromatic rings. The topological polar surface area (TPSA) is 12.0 Å². The molecule has 0 amide bonds. The molecule has 0 bridgehead atoms. The second kappa shape index (κ2) is 7.55. The van der Waals surface area contributed by atoms with Crippen LogP contribution in [0.2, 0.25) is 0 Å². The average Bonchev–Trinajstić information content (AvgIpc) is 2.44. The van der Waals surface area contributed by atoms with Crippen molar-refractivity contribution >= 4 is 23.5 Å². The van der Waals surface area contributed by atoms with Gasteiger partial charge >= 0.3 is 0 Å². The maximum absolute atomic E-state index is 14.1. The van der Waals surface area contributed by atoms with Crippen LogP contribution in [-0.4, -0.2) is 29.1 Å². The Bertz CT molecular complexity index is 405. The Kier molecular flexibility index (Phi) is 6.05. The zero-order valence-electron chi connectivity index (χ0n) is 11.6. The molecule has 1 N–H and O–H groups in total. The summed E-state index contributed by atoms with van der Waals surface area (Å²) in [6.07, 6.45) is 1.08. The van der Waals surface area contributed by atoms with Gasteiger partial charge in [-0.15, -0.1) is 0 Å². The van der Waals surface area contributed by atoms with Crippen LogP contribution in [0.25, 0.3) is 0 Å². The minimum atomic E-state index is -0.0737. The summed E-state index contributed by atoms with van der Waals surface area (Å²) in [7, 11) is 0. The lowest BCUT2D eigenvalue weighted by Gasteiger charge is -2.31. The third-order valence-corrected chi connectivity index (χ3v) is 6.18. The Labute approximate surface area is 124 Å². The van der Waals surface area contributed by atoms with Gasteiger partial charge in [0.1, 0.15) is 5.82 Å². The molecule has 1 saturated heterocycles. The van der Waals surface area contributed by atoms with E-state index in [2.05, 4.69) is 12.2 Å². The quantitative estimate of drug-likeness (QED) is 0.882. The highest BCUT2D eigenvalue weighted by molar-refractivity contribution is 8.06. The Morgan fingerprint density at radius 1 is 1.42 bits per heavy atom. The highest BCUT2D eigenvalue weighted by Crippen LogP contribution is 2.34. The first-order valence-electron chi connectivity index (χ1n) is 6.91. The number of aryl methyl sites for hydroxylation is 1. The van der Waals surface area contributed by atoms with Crippen LogP contribution in [0, 0.1) is 12.7 Å². The third kappa shape index (κ3) is 4.14. The van der Waals surface area contributed by atoms with Crippen molar-refractivity contribution in [3.8, 4) is 0 Å². The van der Waals surface area contributed by atoms with Gasteiger partial charge in [-0.05, 0) is 26.0 Å². The van der Waals surface area contributed by atoms with Crippen LogP contribution in [-0.2, 0) is 0 Å². The van der Waals surface area contributed by atoms with Gasteiger partial charge in [-0.1, -0.05) is 24.6 Å². The molecule has 0 aromatic heterocycles. The van der Waals surface area contributed by atoms with Crippen molar-refractivity contribution in [2.24, 2.45) is 0 Å². The number of benzene rings is 1. The van der Waals surface area contributed by atoms with Crippen LogP contribution in [0.1, 0.15) is 30.5 Å². The van der Waals surface area contributed by atoms with Crippen molar-refractivity contribution in [3.63, 3.8) is 0 Å². The molecule has 106 valence electrons. The van der Waals surface area contributed by atoms with Crippen molar-refractivity contribution in [2.75, 3.05) is 23.8 Å². The summed E-state index contributed by atoms with van der Waals surface area (Å²) in [6, 6.07) is 5.59. The summed E-state index contributed by atoms with van der Waals surface area (Å²) in [5.74, 6) is 3.43. The van der Waals surface area contributed by atoms with Gasteiger partial charge in [-0.25, -0.2) is 4.39 Å². The van der Waals surface area contributed by atoms with E-state index in [4.69, 9.17) is 0 Å². The molecule has 19 heavy (non-hydrogen) atoms. The molecule has 1 aromatic carbocycles. The second-order valence-corrected chi connectivity index (χ2v) is 7.44. The SMILES string of the molecule is CCCNC(c1cc(C)ccc1F)C1CSCCS1. The Hall–Kier alpha value is -0.190. The van der Waals surface area contributed by atoms with Crippen LogP contribution in [0.4, 0.5) is 4.39 Å². The van der Waals surface area contributed by atoms with Gasteiger partial charge in [0, 0.05) is 34.1 Å². The molecule has 2 rings (SSSR count). The summed E-state index contributed by atoms with van der Waals surface area (Å²) in [5, 5.41) is 4.02. The number of rotatable bonds is 5. The maximum atomic E-state index is 14.1. The van der Waals surface area contributed by atoms with E-state index in [0.29, 0.717) is 5.25 Å². The molecule has 2 unspecified atom stereocenters. The van der Waals surface area contributed by atoms with E-state index in [9.17, 15) is 4.39 Å². The summed E-state index contributed by atoms with van der Waals surface area (Å²) in [4.78, 5) is 0. The first kappa shape index (κ1) is 15.2. The van der Waals surface area contributed by atoms with Gasteiger partial charge < -0.3 is 5.32 Å². The van der Waals surface area contributed by atoms with E-state index in [0.717, 1.165) is 29.8 Å². The lowest BCUT2D eigenvalue weighted by atomic mass is 10.0. The minimum absolute atomic E-state index is 0.0737. The van der Waals surface area contributed by atoms with Gasteiger partial charge in [0.2, 0.25) is 0 Å². The summed E-state index contributed by atoms with van der Waals surface area (Å²) >= 11 is 3.97. The lowest BCUT2D eigenvalue weighted by Crippen LogP contribution is -2.34. The maximum Gasteiger partial charge on any atom is 0.128 e. The van der Waals surface area contributed by atoms with Crippen LogP contribution in [0.15, 0.2) is 18.2 Å². The fourth-order valence-electron chi connectivity index (χ4n) is 2.34. The molecule has 0 radical (unpaired) electrons. The first-order chi connectivity index (χ1) is 9.22. The molecule has 1 aliphatic heterocycles. The van der Waals surface area contributed by atoms with Crippen LogP contribution < -0.4 is 5.32 Å². The van der Waals surface area contributed by atoms with Gasteiger partial charge in [0.25, 0.3) is 0 Å². The van der Waals surface area contributed by atoms with Crippen LogP contribution >= 0.6 is 23.5 Å². The molecule has 0 spiro atoms. The zero-order valence-corrected chi connectivity index (χ0v) is 13.2. The number of hydrogen-bond donors (Lipinski definition) is 1. The molecule has 1 nitrogen and oxygen atoms in total. The van der Waals surface area contributed by atoms with Crippen molar-refractivity contribution in [2.45, 2.75) is 31.6 Å².